The SMILES string of the molecule is Cc1cccc(N2C(=NC(=O)c3ccccc3)S[C@@H]3CS(=O)(=O)C[C@@H]32)c1. The number of amidine groups is 1. The lowest BCUT2D eigenvalue weighted by Crippen LogP contribution is -2.37. The molecular formula is C19H18N2O3S2. The number of aryl methyl sites for hydroxylation is 1. The van der Waals surface area contributed by atoms with E-state index in [9.17, 15) is 13.2 Å². The van der Waals surface area contributed by atoms with E-state index in [-0.39, 0.29) is 28.7 Å². The van der Waals surface area contributed by atoms with Crippen LogP contribution in [0.5, 0.6) is 0 Å². The van der Waals surface area contributed by atoms with Crippen LogP contribution < -0.4 is 4.90 Å². The van der Waals surface area contributed by atoms with Gasteiger partial charge in [-0.25, -0.2) is 8.42 Å². The quantitative estimate of drug-likeness (QED) is 0.794. The molecule has 0 aliphatic carbocycles. The number of rotatable bonds is 2. The molecule has 2 aromatic rings. The molecule has 5 nitrogen and oxygen atoms in total. The zero-order valence-corrected chi connectivity index (χ0v) is 15.8. The van der Waals surface area contributed by atoms with E-state index >= 15 is 0 Å². The third-order valence-electron chi connectivity index (χ3n) is 4.56. The molecule has 2 aromatic carbocycles. The molecule has 2 saturated heterocycles. The number of carbonyl (C=O) groups is 1. The maximum atomic E-state index is 12.5. The number of aliphatic imine (C=N–C) groups is 1. The topological polar surface area (TPSA) is 66.8 Å². The molecule has 7 heteroatoms. The van der Waals surface area contributed by atoms with E-state index in [1.54, 1.807) is 24.3 Å². The standard InChI is InChI=1S/C19H18N2O3S2/c1-13-6-5-9-15(10-13)21-16-11-26(23,24)12-17(16)25-19(21)20-18(22)14-7-3-2-4-8-14/h2-10,16-17H,11-12H2,1H3/t16-,17+/m0/s1. The van der Waals surface area contributed by atoms with Gasteiger partial charge in [0.2, 0.25) is 0 Å². The van der Waals surface area contributed by atoms with Gasteiger partial charge in [0.1, 0.15) is 0 Å². The summed E-state index contributed by atoms with van der Waals surface area (Å²) >= 11 is 1.39. The van der Waals surface area contributed by atoms with Crippen molar-refractivity contribution in [3.8, 4) is 0 Å². The van der Waals surface area contributed by atoms with Crippen molar-refractivity contribution in [3.63, 3.8) is 0 Å². The van der Waals surface area contributed by atoms with Crippen molar-refractivity contribution in [3.05, 3.63) is 65.7 Å². The lowest BCUT2D eigenvalue weighted by Gasteiger charge is -2.24. The van der Waals surface area contributed by atoms with E-state index in [2.05, 4.69) is 4.99 Å². The highest BCUT2D eigenvalue weighted by Crippen LogP contribution is 2.41. The summed E-state index contributed by atoms with van der Waals surface area (Å²) in [6.07, 6.45) is 0. The average molecular weight is 386 g/mol. The molecule has 0 radical (unpaired) electrons. The number of anilines is 1. The molecule has 1 amide bonds. The summed E-state index contributed by atoms with van der Waals surface area (Å²) in [6.45, 7) is 1.99. The minimum atomic E-state index is -3.06. The number of benzene rings is 2. The first-order chi connectivity index (χ1) is 12.4. The van der Waals surface area contributed by atoms with Crippen molar-refractivity contribution >= 4 is 38.4 Å². The fourth-order valence-corrected chi connectivity index (χ4v) is 7.29. The van der Waals surface area contributed by atoms with Gasteiger partial charge in [-0.1, -0.05) is 42.1 Å². The number of hydrogen-bond acceptors (Lipinski definition) is 4. The second-order valence-corrected chi connectivity index (χ2v) is 9.94. The molecule has 4 rings (SSSR count). The minimum Gasteiger partial charge on any atom is -0.316 e. The molecule has 0 N–H and O–H groups in total. The highest BCUT2D eigenvalue weighted by atomic mass is 32.2. The zero-order chi connectivity index (χ0) is 18.3. The zero-order valence-electron chi connectivity index (χ0n) is 14.2. The van der Waals surface area contributed by atoms with E-state index in [0.29, 0.717) is 10.7 Å². The Morgan fingerprint density at radius 2 is 1.88 bits per heavy atom. The van der Waals surface area contributed by atoms with Crippen LogP contribution in [0.15, 0.2) is 59.6 Å². The molecule has 2 atom stereocenters. The molecule has 0 spiro atoms. The summed E-state index contributed by atoms with van der Waals surface area (Å²) in [5.74, 6) is -0.0889. The molecule has 134 valence electrons. The first kappa shape index (κ1) is 17.3. The Morgan fingerprint density at radius 3 is 2.62 bits per heavy atom. The number of fused-ring (bicyclic) bond motifs is 1. The third kappa shape index (κ3) is 3.29. The van der Waals surface area contributed by atoms with Crippen LogP contribution in [0.3, 0.4) is 0 Å². The Bertz CT molecular complexity index is 987. The summed E-state index contributed by atoms with van der Waals surface area (Å²) in [6, 6.07) is 16.6. The van der Waals surface area contributed by atoms with Gasteiger partial charge in [-0.2, -0.15) is 4.99 Å². The van der Waals surface area contributed by atoms with Crippen molar-refractivity contribution in [2.45, 2.75) is 18.2 Å². The van der Waals surface area contributed by atoms with Crippen LogP contribution in [0.4, 0.5) is 5.69 Å². The minimum absolute atomic E-state index is 0.0944. The Kier molecular flexibility index (Phi) is 4.36. The summed E-state index contributed by atoms with van der Waals surface area (Å²) < 4.78 is 24.2. The summed E-state index contributed by atoms with van der Waals surface area (Å²) in [5.41, 5.74) is 2.47. The van der Waals surface area contributed by atoms with Crippen molar-refractivity contribution in [1.29, 1.82) is 0 Å². The largest absolute Gasteiger partial charge is 0.316 e. The summed E-state index contributed by atoms with van der Waals surface area (Å²) in [4.78, 5) is 18.8. The van der Waals surface area contributed by atoms with Gasteiger partial charge in [0.05, 0.1) is 17.5 Å². The number of amides is 1. The van der Waals surface area contributed by atoms with Crippen molar-refractivity contribution < 1.29 is 13.2 Å². The normalized spacial score (nSPS) is 25.4. The fourth-order valence-electron chi connectivity index (χ4n) is 3.38. The van der Waals surface area contributed by atoms with Gasteiger partial charge in [0, 0.05) is 16.5 Å². The van der Waals surface area contributed by atoms with E-state index in [4.69, 9.17) is 0 Å². The molecule has 2 heterocycles. The molecule has 0 aromatic heterocycles. The maximum absolute atomic E-state index is 12.5. The third-order valence-corrected chi connectivity index (χ3v) is 7.77. The van der Waals surface area contributed by atoms with Gasteiger partial charge in [-0.15, -0.1) is 0 Å². The number of thioether (sulfide) groups is 1. The summed E-state index contributed by atoms with van der Waals surface area (Å²) in [5, 5.41) is 0.484. The molecule has 2 aliphatic heterocycles. The molecule has 0 bridgehead atoms. The molecule has 0 unspecified atom stereocenters. The predicted octanol–water partition coefficient (Wildman–Crippen LogP) is 2.91. The van der Waals surface area contributed by atoms with Crippen molar-refractivity contribution in [2.24, 2.45) is 4.99 Å². The first-order valence-corrected chi connectivity index (χ1v) is 11.0. The van der Waals surface area contributed by atoms with E-state index in [1.807, 2.05) is 42.2 Å². The number of nitrogens with zero attached hydrogens (tertiary/aromatic N) is 2. The molecule has 0 saturated carbocycles. The summed E-state index contributed by atoms with van der Waals surface area (Å²) in [7, 11) is -3.06. The Hall–Kier alpha value is -2.12. The van der Waals surface area contributed by atoms with Crippen LogP contribution >= 0.6 is 11.8 Å². The van der Waals surface area contributed by atoms with Crippen LogP contribution in [0.1, 0.15) is 15.9 Å². The van der Waals surface area contributed by atoms with Crippen LogP contribution in [0.2, 0.25) is 0 Å². The van der Waals surface area contributed by atoms with E-state index in [0.717, 1.165) is 11.3 Å². The van der Waals surface area contributed by atoms with E-state index in [1.165, 1.54) is 11.8 Å². The Morgan fingerprint density at radius 1 is 1.12 bits per heavy atom. The lowest BCUT2D eigenvalue weighted by molar-refractivity contribution is 0.100. The van der Waals surface area contributed by atoms with Gasteiger partial charge < -0.3 is 4.90 Å². The first-order valence-electron chi connectivity index (χ1n) is 8.34. The average Bonchev–Trinajstić information content (AvgIpc) is 3.06. The van der Waals surface area contributed by atoms with E-state index < -0.39 is 9.84 Å². The van der Waals surface area contributed by atoms with Crippen molar-refractivity contribution in [1.82, 2.24) is 0 Å². The van der Waals surface area contributed by atoms with Gasteiger partial charge >= 0.3 is 0 Å². The Labute approximate surface area is 157 Å². The second kappa shape index (κ2) is 6.55. The monoisotopic (exact) mass is 386 g/mol. The highest BCUT2D eigenvalue weighted by Gasteiger charge is 2.49. The predicted molar refractivity (Wildman–Crippen MR) is 106 cm³/mol. The smallest absolute Gasteiger partial charge is 0.279 e. The molecule has 2 aliphatic rings. The van der Waals surface area contributed by atoms with Gasteiger partial charge in [-0.05, 0) is 36.8 Å². The maximum Gasteiger partial charge on any atom is 0.279 e. The second-order valence-electron chi connectivity index (χ2n) is 6.58. The van der Waals surface area contributed by atoms with Gasteiger partial charge in [-0.3, -0.25) is 4.79 Å². The van der Waals surface area contributed by atoms with Crippen LogP contribution in [-0.2, 0) is 9.84 Å². The van der Waals surface area contributed by atoms with Gasteiger partial charge in [0.25, 0.3) is 5.91 Å². The molecular weight excluding hydrogens is 368 g/mol. The highest BCUT2D eigenvalue weighted by molar-refractivity contribution is 8.16. The number of sulfone groups is 1. The molecule has 2 fully saturated rings. The van der Waals surface area contributed by atoms with Gasteiger partial charge in [0.15, 0.2) is 15.0 Å². The Balaban J connectivity index is 1.74. The van der Waals surface area contributed by atoms with Crippen LogP contribution in [0.25, 0.3) is 0 Å². The lowest BCUT2D eigenvalue weighted by atomic mass is 10.1. The van der Waals surface area contributed by atoms with Crippen LogP contribution in [-0.4, -0.2) is 42.3 Å². The van der Waals surface area contributed by atoms with Crippen molar-refractivity contribution in [2.75, 3.05) is 16.4 Å². The fraction of sp³-hybridized carbons (Fsp3) is 0.263. The van der Waals surface area contributed by atoms with Crippen LogP contribution in [0, 0.1) is 6.92 Å². The number of hydrogen-bond donors (Lipinski definition) is 0. The number of carbonyl (C=O) groups excluding carboxylic acids is 1. The molecule has 26 heavy (non-hydrogen) atoms.